The van der Waals surface area contributed by atoms with Crippen LogP contribution in [0.1, 0.15) is 79.6 Å². The Bertz CT molecular complexity index is 1040. The van der Waals surface area contributed by atoms with E-state index in [1.807, 2.05) is 19.1 Å². The van der Waals surface area contributed by atoms with E-state index < -0.39 is 29.5 Å². The third-order valence-corrected chi connectivity index (χ3v) is 6.97. The molecule has 0 spiro atoms. The van der Waals surface area contributed by atoms with Gasteiger partial charge >= 0.3 is 12.1 Å². The van der Waals surface area contributed by atoms with Crippen molar-refractivity contribution in [2.45, 2.75) is 64.0 Å². The number of oxazole rings is 1. The first-order valence-corrected chi connectivity index (χ1v) is 12.1. The topological polar surface area (TPSA) is 95.7 Å². The number of nitrogens with one attached hydrogen (secondary N) is 1. The largest absolute Gasteiger partial charge is 0.481 e. The molecule has 1 aliphatic heterocycles. The highest BCUT2D eigenvalue weighted by Gasteiger charge is 2.42. The summed E-state index contributed by atoms with van der Waals surface area (Å²) < 4.78 is 46.2. The predicted molar refractivity (Wildman–Crippen MR) is 123 cm³/mol. The molecule has 0 radical (unpaired) electrons. The van der Waals surface area contributed by atoms with Crippen molar-refractivity contribution in [1.29, 1.82) is 0 Å². The number of carboxylic acids is 1. The van der Waals surface area contributed by atoms with E-state index in [4.69, 9.17) is 9.52 Å². The van der Waals surface area contributed by atoms with Crippen LogP contribution in [0.4, 0.5) is 24.9 Å². The van der Waals surface area contributed by atoms with E-state index in [9.17, 15) is 22.8 Å². The summed E-state index contributed by atoms with van der Waals surface area (Å²) in [6, 6.07) is 6.84. The molecule has 2 aromatic rings. The highest BCUT2D eigenvalue weighted by atomic mass is 19.4. The van der Waals surface area contributed by atoms with Gasteiger partial charge in [0.1, 0.15) is 0 Å². The van der Waals surface area contributed by atoms with Gasteiger partial charge in [-0.15, -0.1) is 0 Å². The van der Waals surface area contributed by atoms with Gasteiger partial charge in [0.25, 0.3) is 11.9 Å². The number of anilines is 2. The highest BCUT2D eigenvalue weighted by molar-refractivity contribution is 6.03. The van der Waals surface area contributed by atoms with Crippen LogP contribution in [0.25, 0.3) is 0 Å². The van der Waals surface area contributed by atoms with Crippen LogP contribution in [0.2, 0.25) is 0 Å². The number of aliphatic carboxylic acids is 1. The lowest BCUT2D eigenvalue weighted by Crippen LogP contribution is -2.34. The Morgan fingerprint density at radius 2 is 1.83 bits per heavy atom. The van der Waals surface area contributed by atoms with Crippen molar-refractivity contribution in [3.63, 3.8) is 0 Å². The van der Waals surface area contributed by atoms with Crippen molar-refractivity contribution < 1.29 is 32.3 Å². The van der Waals surface area contributed by atoms with Crippen LogP contribution >= 0.6 is 0 Å². The Kier molecular flexibility index (Phi) is 7.37. The second-order valence-electron chi connectivity index (χ2n) is 9.76. The Hall–Kier alpha value is -3.04. The van der Waals surface area contributed by atoms with Crippen LogP contribution in [-0.2, 0) is 11.0 Å². The first-order valence-electron chi connectivity index (χ1n) is 12.1. The van der Waals surface area contributed by atoms with Crippen molar-refractivity contribution >= 4 is 23.6 Å². The van der Waals surface area contributed by atoms with E-state index in [-0.39, 0.29) is 18.4 Å². The number of carbonyl (C=O) groups is 2. The maximum absolute atomic E-state index is 13.6. The van der Waals surface area contributed by atoms with Crippen LogP contribution in [0.15, 0.2) is 28.7 Å². The highest BCUT2D eigenvalue weighted by Crippen LogP contribution is 2.38. The van der Waals surface area contributed by atoms with Crippen LogP contribution in [0.5, 0.6) is 0 Å². The number of halogens is 3. The normalized spacial score (nSPS) is 23.2. The number of benzene rings is 1. The first-order chi connectivity index (χ1) is 16.6. The molecule has 190 valence electrons. The van der Waals surface area contributed by atoms with E-state index >= 15 is 0 Å². The summed E-state index contributed by atoms with van der Waals surface area (Å²) in [5, 5.41) is 11.5. The number of hydrogen-bond acceptors (Lipinski definition) is 5. The van der Waals surface area contributed by atoms with Crippen molar-refractivity contribution in [2.75, 3.05) is 23.3 Å². The van der Waals surface area contributed by atoms with Crippen LogP contribution < -0.4 is 10.2 Å². The number of nitrogens with zero attached hydrogens (tertiary/aromatic N) is 2. The van der Waals surface area contributed by atoms with E-state index in [1.165, 1.54) is 0 Å². The Balaban J connectivity index is 1.43. The standard InChI is InChI=1S/C25H30F3N3O4/c1-15-3-2-12-31(14-15)24-30-22(25(26,27)28)21(35-24)23(34)29-19-10-8-18(9-11-19)17-6-4-16(5-7-17)13-20(32)33/h8-11,15-17H,2-7,12-14H2,1H3,(H,29,34)(H,32,33)/t15?,16-,17-. The molecule has 1 unspecified atom stereocenters. The molecule has 35 heavy (non-hydrogen) atoms. The number of hydrogen-bond donors (Lipinski definition) is 2. The number of piperidine rings is 1. The number of aromatic nitrogens is 1. The smallest absolute Gasteiger partial charge is 0.437 e. The van der Waals surface area contributed by atoms with E-state index in [1.54, 1.807) is 17.0 Å². The molecule has 10 heteroatoms. The summed E-state index contributed by atoms with van der Waals surface area (Å²) in [6.45, 7) is 3.07. The minimum atomic E-state index is -4.82. The maximum Gasteiger partial charge on any atom is 0.437 e. The monoisotopic (exact) mass is 493 g/mol. The number of rotatable bonds is 6. The lowest BCUT2D eigenvalue weighted by Gasteiger charge is -2.29. The maximum atomic E-state index is 13.6. The summed E-state index contributed by atoms with van der Waals surface area (Å²) in [6.07, 6.45) is 0.634. The number of alkyl halides is 3. The van der Waals surface area contributed by atoms with E-state index in [2.05, 4.69) is 10.3 Å². The molecule has 7 nitrogen and oxygen atoms in total. The molecule has 2 heterocycles. The minimum Gasteiger partial charge on any atom is -0.481 e. The second kappa shape index (κ2) is 10.3. The van der Waals surface area contributed by atoms with Gasteiger partial charge in [-0.2, -0.15) is 18.2 Å². The van der Waals surface area contributed by atoms with Crippen LogP contribution in [0, 0.1) is 11.8 Å². The van der Waals surface area contributed by atoms with Gasteiger partial charge in [-0.3, -0.25) is 9.59 Å². The second-order valence-corrected chi connectivity index (χ2v) is 9.76. The van der Waals surface area contributed by atoms with Gasteiger partial charge in [-0.25, -0.2) is 0 Å². The van der Waals surface area contributed by atoms with Gasteiger partial charge in [0.2, 0.25) is 5.76 Å². The SMILES string of the molecule is CC1CCCN(c2nc(C(F)(F)F)c(C(=O)Nc3ccc([C@H]4CC[C@H](CC(=O)O)CC4)cc3)o2)C1. The zero-order chi connectivity index (χ0) is 25.2. The Morgan fingerprint density at radius 1 is 1.14 bits per heavy atom. The fourth-order valence-corrected chi connectivity index (χ4v) is 5.13. The molecule has 0 bridgehead atoms. The fraction of sp³-hybridized carbons (Fsp3) is 0.560. The van der Waals surface area contributed by atoms with Gasteiger partial charge in [-0.1, -0.05) is 19.1 Å². The molecule has 2 aliphatic rings. The summed E-state index contributed by atoms with van der Waals surface area (Å²) in [5.74, 6) is -1.82. The van der Waals surface area contributed by atoms with Crippen molar-refractivity contribution in [1.82, 2.24) is 4.98 Å². The third-order valence-electron chi connectivity index (χ3n) is 6.97. The Labute approximate surface area is 201 Å². The average molecular weight is 494 g/mol. The summed E-state index contributed by atoms with van der Waals surface area (Å²) >= 11 is 0. The molecule has 4 rings (SSSR count). The zero-order valence-electron chi connectivity index (χ0n) is 19.6. The van der Waals surface area contributed by atoms with Crippen molar-refractivity contribution in [3.8, 4) is 0 Å². The summed E-state index contributed by atoms with van der Waals surface area (Å²) in [4.78, 5) is 28.9. The number of carbonyl (C=O) groups excluding carboxylic acids is 1. The van der Waals surface area contributed by atoms with Gasteiger partial charge in [-0.05, 0) is 74.0 Å². The van der Waals surface area contributed by atoms with E-state index in [0.717, 1.165) is 44.1 Å². The zero-order valence-corrected chi connectivity index (χ0v) is 19.6. The minimum absolute atomic E-state index is 0.178. The summed E-state index contributed by atoms with van der Waals surface area (Å²) in [5.41, 5.74) is 0.0999. The average Bonchev–Trinajstić information content (AvgIpc) is 3.26. The van der Waals surface area contributed by atoms with Gasteiger partial charge in [0.05, 0.1) is 0 Å². The van der Waals surface area contributed by atoms with Crippen LogP contribution in [0.3, 0.4) is 0 Å². The molecule has 1 saturated heterocycles. The van der Waals surface area contributed by atoms with Gasteiger partial charge in [0.15, 0.2) is 5.69 Å². The van der Waals surface area contributed by atoms with Crippen molar-refractivity contribution in [3.05, 3.63) is 41.3 Å². The molecule has 1 saturated carbocycles. The van der Waals surface area contributed by atoms with Gasteiger partial charge in [0, 0.05) is 25.2 Å². The molecular weight excluding hydrogens is 463 g/mol. The number of carboxylic acid groups (broad SMARTS) is 1. The van der Waals surface area contributed by atoms with E-state index in [0.29, 0.717) is 30.6 Å². The molecule has 2 N–H and O–H groups in total. The molecule has 2 fully saturated rings. The van der Waals surface area contributed by atoms with Gasteiger partial charge < -0.3 is 19.7 Å². The third kappa shape index (κ3) is 6.15. The Morgan fingerprint density at radius 3 is 2.43 bits per heavy atom. The summed E-state index contributed by atoms with van der Waals surface area (Å²) in [7, 11) is 0. The lowest BCUT2D eigenvalue weighted by atomic mass is 9.77. The first kappa shape index (κ1) is 25.1. The fourth-order valence-electron chi connectivity index (χ4n) is 5.13. The molecule has 1 atom stereocenters. The molecule has 1 aromatic carbocycles. The molecule has 1 aromatic heterocycles. The lowest BCUT2D eigenvalue weighted by molar-refractivity contribution is -0.141. The van der Waals surface area contributed by atoms with Crippen molar-refractivity contribution in [2.24, 2.45) is 11.8 Å². The molecular formula is C25H30F3N3O4. The van der Waals surface area contributed by atoms with Crippen LogP contribution in [-0.4, -0.2) is 35.1 Å². The predicted octanol–water partition coefficient (Wildman–Crippen LogP) is 5.93. The molecule has 1 amide bonds. The molecule has 1 aliphatic carbocycles. The quantitative estimate of drug-likeness (QED) is 0.518. The number of amides is 1.